The highest BCUT2D eigenvalue weighted by atomic mass is 16.1. The van der Waals surface area contributed by atoms with Gasteiger partial charge in [0.25, 0.3) is 0 Å². The second kappa shape index (κ2) is 4.60. The fourth-order valence-electron chi connectivity index (χ4n) is 1.80. The molecule has 0 saturated heterocycles. The molecule has 2 nitrogen and oxygen atoms in total. The van der Waals surface area contributed by atoms with Crippen molar-refractivity contribution in [2.45, 2.75) is 60.4 Å². The monoisotopic (exact) mass is 225 g/mol. The Morgan fingerprint density at radius 1 is 1.12 bits per heavy atom. The largest absolute Gasteiger partial charge is 0.348 e. The third-order valence-electron chi connectivity index (χ3n) is 3.56. The molecule has 0 rings (SSSR count). The Balaban J connectivity index is 4.70. The number of carbonyl (C=O) groups excluding carboxylic acids is 1. The molecule has 0 saturated carbocycles. The van der Waals surface area contributed by atoms with Gasteiger partial charge in [0, 0.05) is 5.54 Å². The summed E-state index contributed by atoms with van der Waals surface area (Å²) in [6.07, 6.45) is 2.26. The Morgan fingerprint density at radius 2 is 1.56 bits per heavy atom. The molecule has 0 aliphatic carbocycles. The molecular weight excluding hydrogens is 198 g/mol. The summed E-state index contributed by atoms with van der Waals surface area (Å²) in [4.78, 5) is 11.3. The van der Waals surface area contributed by atoms with Gasteiger partial charge in [-0.15, -0.1) is 0 Å². The highest BCUT2D eigenvalue weighted by molar-refractivity contribution is 5.87. The van der Waals surface area contributed by atoms with Crippen LogP contribution in [0.1, 0.15) is 54.9 Å². The minimum absolute atomic E-state index is 0.102. The molecule has 2 heteroatoms. The third kappa shape index (κ3) is 4.38. The first-order chi connectivity index (χ1) is 6.91. The van der Waals surface area contributed by atoms with Gasteiger partial charge in [0.05, 0.1) is 0 Å². The van der Waals surface area contributed by atoms with E-state index >= 15 is 0 Å². The lowest BCUT2D eigenvalue weighted by Crippen LogP contribution is -2.48. The average Bonchev–Trinajstić information content (AvgIpc) is 1.98. The van der Waals surface area contributed by atoms with Gasteiger partial charge < -0.3 is 5.32 Å². The first-order valence-electron chi connectivity index (χ1n) is 5.86. The molecule has 0 bridgehead atoms. The highest BCUT2D eigenvalue weighted by Crippen LogP contribution is 2.43. The molecule has 0 aliphatic heterocycles. The number of rotatable bonds is 4. The predicted molar refractivity (Wildman–Crippen MR) is 70.3 cm³/mol. The van der Waals surface area contributed by atoms with E-state index in [-0.39, 0.29) is 22.3 Å². The average molecular weight is 225 g/mol. The van der Waals surface area contributed by atoms with Crippen molar-refractivity contribution in [3.63, 3.8) is 0 Å². The zero-order valence-corrected chi connectivity index (χ0v) is 11.9. The maximum Gasteiger partial charge on any atom is 0.243 e. The first kappa shape index (κ1) is 15.2. The second-order valence-corrected chi connectivity index (χ2v) is 6.89. The van der Waals surface area contributed by atoms with Crippen molar-refractivity contribution in [3.05, 3.63) is 12.7 Å². The number of nitrogens with one attached hydrogen (secondary N) is 1. The van der Waals surface area contributed by atoms with E-state index in [2.05, 4.69) is 60.4 Å². The molecule has 0 heterocycles. The minimum atomic E-state index is -0.206. The van der Waals surface area contributed by atoms with Gasteiger partial charge in [-0.25, -0.2) is 0 Å². The van der Waals surface area contributed by atoms with E-state index in [0.29, 0.717) is 0 Å². The van der Waals surface area contributed by atoms with Crippen LogP contribution in [0.3, 0.4) is 0 Å². The van der Waals surface area contributed by atoms with Crippen molar-refractivity contribution in [2.24, 2.45) is 10.8 Å². The van der Waals surface area contributed by atoms with Crippen LogP contribution in [0.2, 0.25) is 0 Å². The fraction of sp³-hybridized carbons (Fsp3) is 0.786. The summed E-state index contributed by atoms with van der Waals surface area (Å²) < 4.78 is 0. The summed E-state index contributed by atoms with van der Waals surface area (Å²) in [5.41, 5.74) is 0.163. The first-order valence-corrected chi connectivity index (χ1v) is 5.86. The van der Waals surface area contributed by atoms with E-state index in [9.17, 15) is 4.79 Å². The van der Waals surface area contributed by atoms with Gasteiger partial charge in [-0.1, -0.05) is 41.2 Å². The molecule has 1 N–H and O–H groups in total. The summed E-state index contributed by atoms with van der Waals surface area (Å²) in [7, 11) is 0. The SMILES string of the molecule is C=CC(=O)NC(C)(C)CC(C)(C)C(C)(C)C. The number of carbonyl (C=O) groups is 1. The van der Waals surface area contributed by atoms with Crippen LogP contribution in [0.4, 0.5) is 0 Å². The molecule has 94 valence electrons. The minimum Gasteiger partial charge on any atom is -0.348 e. The summed E-state index contributed by atoms with van der Waals surface area (Å²) in [6.45, 7) is 18.8. The number of hydrogen-bond donors (Lipinski definition) is 1. The molecule has 16 heavy (non-hydrogen) atoms. The van der Waals surface area contributed by atoms with E-state index in [1.807, 2.05) is 0 Å². The zero-order chi connectivity index (χ0) is 13.2. The van der Waals surface area contributed by atoms with Crippen LogP contribution >= 0.6 is 0 Å². The Bertz CT molecular complexity index is 269. The van der Waals surface area contributed by atoms with Crippen LogP contribution in [0.25, 0.3) is 0 Å². The van der Waals surface area contributed by atoms with Crippen LogP contribution in [0.15, 0.2) is 12.7 Å². The normalized spacial score (nSPS) is 13.4. The Hall–Kier alpha value is -0.790. The van der Waals surface area contributed by atoms with Gasteiger partial charge in [-0.3, -0.25) is 4.79 Å². The van der Waals surface area contributed by atoms with E-state index in [1.54, 1.807) is 0 Å². The summed E-state index contributed by atoms with van der Waals surface area (Å²) in [5, 5.41) is 2.98. The smallest absolute Gasteiger partial charge is 0.243 e. The Morgan fingerprint density at radius 3 is 1.88 bits per heavy atom. The topological polar surface area (TPSA) is 29.1 Å². The molecule has 0 atom stereocenters. The summed E-state index contributed by atoms with van der Waals surface area (Å²) in [6, 6.07) is 0. The molecule has 0 fully saturated rings. The van der Waals surface area contributed by atoms with Gasteiger partial charge in [0.1, 0.15) is 0 Å². The molecule has 0 aromatic rings. The lowest BCUT2D eigenvalue weighted by Gasteiger charge is -2.44. The van der Waals surface area contributed by atoms with E-state index in [4.69, 9.17) is 0 Å². The van der Waals surface area contributed by atoms with Crippen LogP contribution in [-0.2, 0) is 4.79 Å². The molecule has 0 aromatic carbocycles. The Labute approximate surface area is 101 Å². The second-order valence-electron chi connectivity index (χ2n) is 6.89. The van der Waals surface area contributed by atoms with Gasteiger partial charge in [0.15, 0.2) is 0 Å². The summed E-state index contributed by atoms with van der Waals surface area (Å²) >= 11 is 0. The van der Waals surface area contributed by atoms with Crippen molar-refractivity contribution in [3.8, 4) is 0 Å². The zero-order valence-electron chi connectivity index (χ0n) is 11.9. The molecule has 1 amide bonds. The lowest BCUT2D eigenvalue weighted by molar-refractivity contribution is -0.118. The van der Waals surface area contributed by atoms with E-state index in [0.717, 1.165) is 6.42 Å². The quantitative estimate of drug-likeness (QED) is 0.729. The standard InChI is InChI=1S/C14H27NO/c1-9-11(16)15-14(7,8)10-13(5,6)12(2,3)4/h9H,1,10H2,2-8H3,(H,15,16). The maximum absolute atomic E-state index is 11.3. The van der Waals surface area contributed by atoms with E-state index < -0.39 is 0 Å². The van der Waals surface area contributed by atoms with Gasteiger partial charge in [-0.2, -0.15) is 0 Å². The lowest BCUT2D eigenvalue weighted by atomic mass is 9.64. The van der Waals surface area contributed by atoms with Crippen molar-refractivity contribution < 1.29 is 4.79 Å². The summed E-state index contributed by atoms with van der Waals surface area (Å²) in [5.74, 6) is -0.102. The molecule has 0 aliphatic rings. The van der Waals surface area contributed by atoms with Gasteiger partial charge in [-0.05, 0) is 37.2 Å². The Kier molecular flexibility index (Phi) is 4.38. The maximum atomic E-state index is 11.3. The molecule has 0 aromatic heterocycles. The number of hydrogen-bond acceptors (Lipinski definition) is 1. The molecule has 0 spiro atoms. The third-order valence-corrected chi connectivity index (χ3v) is 3.56. The number of amides is 1. The van der Waals surface area contributed by atoms with Crippen LogP contribution in [0, 0.1) is 10.8 Å². The highest BCUT2D eigenvalue weighted by Gasteiger charge is 2.38. The van der Waals surface area contributed by atoms with Crippen molar-refractivity contribution in [2.75, 3.05) is 0 Å². The van der Waals surface area contributed by atoms with Crippen molar-refractivity contribution in [1.82, 2.24) is 5.32 Å². The fourth-order valence-corrected chi connectivity index (χ4v) is 1.80. The predicted octanol–water partition coefficient (Wildman–Crippen LogP) is 3.53. The molecule has 0 unspecified atom stereocenters. The molecular formula is C14H27NO. The van der Waals surface area contributed by atoms with Gasteiger partial charge >= 0.3 is 0 Å². The van der Waals surface area contributed by atoms with Crippen LogP contribution < -0.4 is 5.32 Å². The van der Waals surface area contributed by atoms with Gasteiger partial charge in [0.2, 0.25) is 5.91 Å². The van der Waals surface area contributed by atoms with E-state index in [1.165, 1.54) is 6.08 Å². The van der Waals surface area contributed by atoms with Crippen LogP contribution in [0.5, 0.6) is 0 Å². The van der Waals surface area contributed by atoms with Crippen molar-refractivity contribution in [1.29, 1.82) is 0 Å². The molecule has 0 radical (unpaired) electrons. The van der Waals surface area contributed by atoms with Crippen molar-refractivity contribution >= 4 is 5.91 Å². The van der Waals surface area contributed by atoms with Crippen LogP contribution in [-0.4, -0.2) is 11.4 Å².